The Kier molecular flexibility index (Phi) is 7.41. The molecule has 5 rings (SSSR count). The van der Waals surface area contributed by atoms with Gasteiger partial charge in [0.2, 0.25) is 0 Å². The Balaban J connectivity index is 1.52. The van der Waals surface area contributed by atoms with Crippen LogP contribution in [0.5, 0.6) is 0 Å². The standard InChI is InChI=1S/C28H33F5N4O/c1-16-8-21-20-9-17(30)4-5-24(20)35-26(21)27(37(16)14-28(2,33)15-38)25-22(31)10-18(11-23(25)32)34-19-12-36(13-19)7-3-6-29/h4-5,9-11,16,19,27,34-35,38H,3,6-8,12-15H2,1-2H3/t16-,27?,28?/m1/s1. The molecule has 2 aliphatic rings. The maximum absolute atomic E-state index is 15.8. The molecule has 0 saturated carbocycles. The van der Waals surface area contributed by atoms with Crippen molar-refractivity contribution in [1.82, 2.24) is 14.8 Å². The molecule has 0 bridgehead atoms. The number of aromatic amines is 1. The molecule has 206 valence electrons. The van der Waals surface area contributed by atoms with E-state index in [2.05, 4.69) is 15.2 Å². The highest BCUT2D eigenvalue weighted by Gasteiger charge is 2.42. The fourth-order valence-corrected chi connectivity index (χ4v) is 5.81. The van der Waals surface area contributed by atoms with Gasteiger partial charge in [0.15, 0.2) is 0 Å². The summed E-state index contributed by atoms with van der Waals surface area (Å²) in [4.78, 5) is 6.94. The number of aromatic nitrogens is 1. The molecule has 0 radical (unpaired) electrons. The maximum atomic E-state index is 15.8. The molecule has 3 N–H and O–H groups in total. The number of alkyl halides is 2. The molecule has 2 aromatic carbocycles. The summed E-state index contributed by atoms with van der Waals surface area (Å²) in [5.74, 6) is -1.99. The first-order valence-corrected chi connectivity index (χ1v) is 13.0. The Morgan fingerprint density at radius 1 is 1.13 bits per heavy atom. The molecule has 1 saturated heterocycles. The van der Waals surface area contributed by atoms with Gasteiger partial charge in [0, 0.05) is 60.1 Å². The third-order valence-electron chi connectivity index (χ3n) is 7.70. The number of nitrogens with one attached hydrogen (secondary N) is 2. The first-order valence-electron chi connectivity index (χ1n) is 13.0. The highest BCUT2D eigenvalue weighted by Crippen LogP contribution is 2.43. The summed E-state index contributed by atoms with van der Waals surface area (Å²) < 4.78 is 73.1. The Morgan fingerprint density at radius 2 is 1.84 bits per heavy atom. The number of fused-ring (bicyclic) bond motifs is 3. The number of nitrogens with zero attached hydrogens (tertiary/aromatic N) is 2. The number of halogens is 5. The smallest absolute Gasteiger partial charge is 0.143 e. The fraction of sp³-hybridized carbons (Fsp3) is 0.500. The van der Waals surface area contributed by atoms with Crippen LogP contribution in [0.3, 0.4) is 0 Å². The number of aliphatic hydroxyl groups excluding tert-OH is 1. The molecule has 3 aromatic rings. The number of hydrogen-bond acceptors (Lipinski definition) is 4. The monoisotopic (exact) mass is 536 g/mol. The molecule has 1 fully saturated rings. The molecule has 0 aliphatic carbocycles. The predicted molar refractivity (Wildman–Crippen MR) is 137 cm³/mol. The van der Waals surface area contributed by atoms with Gasteiger partial charge in [-0.1, -0.05) is 0 Å². The SMILES string of the molecule is C[C@@H]1Cc2c([nH]c3ccc(F)cc23)C(c2c(F)cc(NC3CN(CCCF)C3)cc2F)N1CC(C)(F)CO. The van der Waals surface area contributed by atoms with Gasteiger partial charge in [-0.2, -0.15) is 0 Å². The summed E-state index contributed by atoms with van der Waals surface area (Å²) in [6.45, 7) is 3.66. The van der Waals surface area contributed by atoms with E-state index < -0.39 is 35.8 Å². The van der Waals surface area contributed by atoms with E-state index in [9.17, 15) is 13.9 Å². The van der Waals surface area contributed by atoms with Gasteiger partial charge in [-0.25, -0.2) is 17.6 Å². The molecular formula is C28H33F5N4O. The zero-order valence-corrected chi connectivity index (χ0v) is 21.5. The van der Waals surface area contributed by atoms with Crippen LogP contribution in [0.4, 0.5) is 27.6 Å². The van der Waals surface area contributed by atoms with Crippen molar-refractivity contribution in [2.45, 2.75) is 50.5 Å². The summed E-state index contributed by atoms with van der Waals surface area (Å²) in [5, 5.41) is 13.4. The van der Waals surface area contributed by atoms with Gasteiger partial charge in [-0.05, 0) is 62.6 Å². The molecule has 5 nitrogen and oxygen atoms in total. The Bertz CT molecular complexity index is 1280. The van der Waals surface area contributed by atoms with Gasteiger partial charge in [0.1, 0.15) is 23.1 Å². The fourth-order valence-electron chi connectivity index (χ4n) is 5.81. The van der Waals surface area contributed by atoms with Crippen molar-refractivity contribution in [3.8, 4) is 0 Å². The van der Waals surface area contributed by atoms with Gasteiger partial charge in [0.25, 0.3) is 0 Å². The van der Waals surface area contributed by atoms with Gasteiger partial charge >= 0.3 is 0 Å². The molecule has 38 heavy (non-hydrogen) atoms. The van der Waals surface area contributed by atoms with E-state index in [1.54, 1.807) is 11.0 Å². The number of likely N-dealkylation sites (tertiary alicyclic amines) is 1. The quantitative estimate of drug-likeness (QED) is 0.333. The van der Waals surface area contributed by atoms with Crippen molar-refractivity contribution in [1.29, 1.82) is 0 Å². The van der Waals surface area contributed by atoms with Gasteiger partial charge in [-0.15, -0.1) is 0 Å². The molecule has 3 heterocycles. The number of hydrogen-bond donors (Lipinski definition) is 3. The normalized spacial score (nSPS) is 22.3. The molecule has 0 spiro atoms. The lowest BCUT2D eigenvalue weighted by Gasteiger charge is -2.43. The highest BCUT2D eigenvalue weighted by atomic mass is 19.2. The Hall–Kier alpha value is -2.69. The van der Waals surface area contributed by atoms with E-state index in [1.165, 1.54) is 31.2 Å². The molecule has 2 aliphatic heterocycles. The molecule has 3 atom stereocenters. The summed E-state index contributed by atoms with van der Waals surface area (Å²) in [6, 6.07) is 5.40. The van der Waals surface area contributed by atoms with Crippen molar-refractivity contribution in [3.05, 3.63) is 64.6 Å². The molecule has 10 heteroatoms. The predicted octanol–water partition coefficient (Wildman–Crippen LogP) is 5.10. The number of H-pyrrole nitrogens is 1. The number of rotatable bonds is 9. The van der Waals surface area contributed by atoms with Crippen LogP contribution in [0.25, 0.3) is 10.9 Å². The maximum Gasteiger partial charge on any atom is 0.143 e. The van der Waals surface area contributed by atoms with Crippen molar-refractivity contribution in [3.63, 3.8) is 0 Å². The molecule has 0 amide bonds. The average Bonchev–Trinajstić information content (AvgIpc) is 3.18. The lowest BCUT2D eigenvalue weighted by Crippen LogP contribution is -2.54. The molecule has 2 unspecified atom stereocenters. The minimum atomic E-state index is -2.01. The van der Waals surface area contributed by atoms with Crippen LogP contribution in [0, 0.1) is 17.5 Å². The second-order valence-electron chi connectivity index (χ2n) is 10.9. The first-order chi connectivity index (χ1) is 18.1. The van der Waals surface area contributed by atoms with Gasteiger partial charge in [0.05, 0.1) is 25.4 Å². The largest absolute Gasteiger partial charge is 0.393 e. The van der Waals surface area contributed by atoms with Crippen LogP contribution in [0.1, 0.15) is 43.1 Å². The Labute approximate surface area is 218 Å². The minimum absolute atomic E-state index is 0.00234. The van der Waals surface area contributed by atoms with E-state index in [0.29, 0.717) is 54.8 Å². The van der Waals surface area contributed by atoms with Gasteiger partial charge in [-0.3, -0.25) is 14.2 Å². The second kappa shape index (κ2) is 10.5. The summed E-state index contributed by atoms with van der Waals surface area (Å²) in [6.07, 6.45) is 0.873. The number of anilines is 1. The third-order valence-corrected chi connectivity index (χ3v) is 7.70. The highest BCUT2D eigenvalue weighted by molar-refractivity contribution is 5.85. The zero-order valence-electron chi connectivity index (χ0n) is 21.5. The first kappa shape index (κ1) is 26.9. The second-order valence-corrected chi connectivity index (χ2v) is 10.9. The minimum Gasteiger partial charge on any atom is -0.393 e. The van der Waals surface area contributed by atoms with Crippen LogP contribution >= 0.6 is 0 Å². The summed E-state index contributed by atoms with van der Waals surface area (Å²) in [5.41, 5.74) is -0.0993. The van der Waals surface area contributed by atoms with Crippen molar-refractivity contribution in [2.24, 2.45) is 0 Å². The van der Waals surface area contributed by atoms with E-state index in [1.807, 2.05) is 6.92 Å². The van der Waals surface area contributed by atoms with Crippen LogP contribution in [0.15, 0.2) is 30.3 Å². The molecular weight excluding hydrogens is 503 g/mol. The number of aliphatic hydroxyl groups is 1. The van der Waals surface area contributed by atoms with E-state index >= 15 is 13.2 Å². The summed E-state index contributed by atoms with van der Waals surface area (Å²) >= 11 is 0. The van der Waals surface area contributed by atoms with Crippen molar-refractivity contribution < 1.29 is 27.1 Å². The zero-order chi connectivity index (χ0) is 27.2. The van der Waals surface area contributed by atoms with E-state index in [4.69, 9.17) is 0 Å². The van der Waals surface area contributed by atoms with Crippen LogP contribution in [-0.2, 0) is 6.42 Å². The number of benzene rings is 2. The van der Waals surface area contributed by atoms with Crippen LogP contribution in [-0.4, -0.2) is 77.1 Å². The van der Waals surface area contributed by atoms with Crippen LogP contribution in [0.2, 0.25) is 0 Å². The van der Waals surface area contributed by atoms with Crippen LogP contribution < -0.4 is 5.32 Å². The van der Waals surface area contributed by atoms with E-state index in [0.717, 1.165) is 5.56 Å². The van der Waals surface area contributed by atoms with Crippen molar-refractivity contribution in [2.75, 3.05) is 44.8 Å². The topological polar surface area (TPSA) is 54.5 Å². The average molecular weight is 537 g/mol. The summed E-state index contributed by atoms with van der Waals surface area (Å²) in [7, 11) is 0. The molecule has 1 aromatic heterocycles. The van der Waals surface area contributed by atoms with Crippen molar-refractivity contribution >= 4 is 16.6 Å². The lowest BCUT2D eigenvalue weighted by molar-refractivity contribution is 0.0162. The Morgan fingerprint density at radius 3 is 2.50 bits per heavy atom. The van der Waals surface area contributed by atoms with E-state index in [-0.39, 0.29) is 30.9 Å². The third kappa shape index (κ3) is 5.13. The lowest BCUT2D eigenvalue weighted by atomic mass is 9.87. The van der Waals surface area contributed by atoms with Gasteiger partial charge < -0.3 is 15.4 Å².